The van der Waals surface area contributed by atoms with Crippen molar-refractivity contribution in [3.63, 3.8) is 0 Å². The summed E-state index contributed by atoms with van der Waals surface area (Å²) in [5.41, 5.74) is 2.16. The Morgan fingerprint density at radius 2 is 1.97 bits per heavy atom. The average molecular weight is 532 g/mol. The van der Waals surface area contributed by atoms with E-state index >= 15 is 0 Å². The highest BCUT2D eigenvalue weighted by Crippen LogP contribution is 2.35. The topological polar surface area (TPSA) is 88.2 Å². The van der Waals surface area contributed by atoms with Crippen LogP contribution in [0.1, 0.15) is 5.56 Å². The number of halogens is 1. The van der Waals surface area contributed by atoms with Crippen LogP contribution in [0.3, 0.4) is 0 Å². The van der Waals surface area contributed by atoms with Crippen molar-refractivity contribution in [2.75, 3.05) is 50.2 Å². The Kier molecular flexibility index (Phi) is 7.36. The lowest BCUT2D eigenvalue weighted by molar-refractivity contribution is -0.127. The minimum Gasteiger partial charge on any atom is -0.496 e. The lowest BCUT2D eigenvalue weighted by atomic mass is 10.2. The highest BCUT2D eigenvalue weighted by atomic mass is 79.9. The summed E-state index contributed by atoms with van der Waals surface area (Å²) in [6.45, 7) is 2.32. The summed E-state index contributed by atoms with van der Waals surface area (Å²) in [5, 5.41) is 2.35. The molecule has 2 aliphatic rings. The molecule has 4 rings (SSSR count). The standard InChI is InChI=1S/C23H22BrN3O5S/c1-31-19-7-6-16(24)12-15(19)13-20-22(29)27(23(30)33-20)14-21(28)25-17-4-2-3-5-18(17)26-8-10-32-11-9-26/h2-7,12-13H,8-11,14H2,1H3,(H,25,28)/b20-13+. The second kappa shape index (κ2) is 10.4. The first kappa shape index (κ1) is 23.3. The summed E-state index contributed by atoms with van der Waals surface area (Å²) in [6, 6.07) is 12.8. The van der Waals surface area contributed by atoms with E-state index in [1.807, 2.05) is 24.3 Å². The van der Waals surface area contributed by atoms with Gasteiger partial charge in [0.1, 0.15) is 12.3 Å². The van der Waals surface area contributed by atoms with E-state index in [2.05, 4.69) is 26.1 Å². The minimum atomic E-state index is -0.511. The Balaban J connectivity index is 1.47. The van der Waals surface area contributed by atoms with Crippen molar-refractivity contribution in [2.45, 2.75) is 0 Å². The number of rotatable bonds is 6. The fourth-order valence-electron chi connectivity index (χ4n) is 3.59. The largest absolute Gasteiger partial charge is 0.496 e. The van der Waals surface area contributed by atoms with E-state index in [4.69, 9.17) is 9.47 Å². The van der Waals surface area contributed by atoms with Crippen molar-refractivity contribution in [1.82, 2.24) is 4.90 Å². The molecule has 1 N–H and O–H groups in total. The van der Waals surface area contributed by atoms with Crippen LogP contribution in [0.25, 0.3) is 6.08 Å². The molecule has 0 atom stereocenters. The summed E-state index contributed by atoms with van der Waals surface area (Å²) in [6.07, 6.45) is 1.60. The highest BCUT2D eigenvalue weighted by molar-refractivity contribution is 9.10. The lowest BCUT2D eigenvalue weighted by Crippen LogP contribution is -2.38. The monoisotopic (exact) mass is 531 g/mol. The van der Waals surface area contributed by atoms with Gasteiger partial charge < -0.3 is 19.7 Å². The fraction of sp³-hybridized carbons (Fsp3) is 0.261. The number of ether oxygens (including phenoxy) is 2. The van der Waals surface area contributed by atoms with Crippen molar-refractivity contribution in [3.05, 3.63) is 57.4 Å². The van der Waals surface area contributed by atoms with Crippen LogP contribution < -0.4 is 15.0 Å². The molecule has 33 heavy (non-hydrogen) atoms. The van der Waals surface area contributed by atoms with Crippen molar-refractivity contribution in [3.8, 4) is 5.75 Å². The quantitative estimate of drug-likeness (QED) is 0.564. The molecule has 0 aromatic heterocycles. The number of carbonyl (C=O) groups is 3. The molecule has 0 bridgehead atoms. The van der Waals surface area contributed by atoms with E-state index < -0.39 is 17.1 Å². The van der Waals surface area contributed by atoms with E-state index in [0.717, 1.165) is 39.9 Å². The van der Waals surface area contributed by atoms with Crippen molar-refractivity contribution < 1.29 is 23.9 Å². The maximum absolute atomic E-state index is 12.9. The van der Waals surface area contributed by atoms with Crippen LogP contribution in [-0.2, 0) is 14.3 Å². The van der Waals surface area contributed by atoms with Crippen LogP contribution >= 0.6 is 27.7 Å². The summed E-state index contributed by atoms with van der Waals surface area (Å²) in [4.78, 5) is 41.4. The zero-order chi connectivity index (χ0) is 23.4. The van der Waals surface area contributed by atoms with E-state index in [0.29, 0.717) is 30.2 Å². The molecule has 2 aromatic carbocycles. The summed E-state index contributed by atoms with van der Waals surface area (Å²) >= 11 is 4.20. The molecule has 2 saturated heterocycles. The predicted octanol–water partition coefficient (Wildman–Crippen LogP) is 3.97. The minimum absolute atomic E-state index is 0.234. The van der Waals surface area contributed by atoms with Crippen LogP contribution in [0, 0.1) is 0 Å². The van der Waals surface area contributed by atoms with Gasteiger partial charge in [-0.25, -0.2) is 0 Å². The first-order valence-corrected chi connectivity index (χ1v) is 11.9. The number of imide groups is 1. The van der Waals surface area contributed by atoms with Gasteiger partial charge in [0.2, 0.25) is 5.91 Å². The molecular weight excluding hydrogens is 510 g/mol. The number of hydrogen-bond donors (Lipinski definition) is 1. The molecule has 0 spiro atoms. The zero-order valence-corrected chi connectivity index (χ0v) is 20.3. The van der Waals surface area contributed by atoms with Gasteiger partial charge in [0, 0.05) is 23.1 Å². The highest BCUT2D eigenvalue weighted by Gasteiger charge is 2.36. The van der Waals surface area contributed by atoms with Gasteiger partial charge in [0.15, 0.2) is 0 Å². The van der Waals surface area contributed by atoms with Gasteiger partial charge in [-0.3, -0.25) is 19.3 Å². The second-order valence-electron chi connectivity index (χ2n) is 7.32. The molecule has 2 aromatic rings. The van der Waals surface area contributed by atoms with Crippen molar-refractivity contribution in [1.29, 1.82) is 0 Å². The molecule has 0 radical (unpaired) electrons. The van der Waals surface area contributed by atoms with Crippen molar-refractivity contribution >= 4 is 62.2 Å². The summed E-state index contributed by atoms with van der Waals surface area (Å²) < 4.78 is 11.5. The van der Waals surface area contributed by atoms with Gasteiger partial charge in [-0.15, -0.1) is 0 Å². The molecule has 3 amide bonds. The number of para-hydroxylation sites is 2. The SMILES string of the molecule is COc1ccc(Br)cc1/C=C1/SC(=O)N(CC(=O)Nc2ccccc2N2CCOCC2)C1=O. The molecule has 0 saturated carbocycles. The van der Waals surface area contributed by atoms with E-state index in [-0.39, 0.29) is 11.4 Å². The normalized spacial score (nSPS) is 17.6. The first-order chi connectivity index (χ1) is 16.0. The Hall–Kier alpha value is -2.82. The van der Waals surface area contributed by atoms with Crippen LogP contribution in [0.15, 0.2) is 51.8 Å². The smallest absolute Gasteiger partial charge is 0.294 e. The molecule has 10 heteroatoms. The van der Waals surface area contributed by atoms with Gasteiger partial charge in [-0.05, 0) is 48.2 Å². The van der Waals surface area contributed by atoms with Gasteiger partial charge in [0.05, 0.1) is 36.6 Å². The Labute approximate surface area is 204 Å². The molecule has 2 heterocycles. The number of morpholine rings is 1. The van der Waals surface area contributed by atoms with Crippen LogP contribution in [0.2, 0.25) is 0 Å². The summed E-state index contributed by atoms with van der Waals surface area (Å²) in [5.74, 6) is -0.384. The van der Waals surface area contributed by atoms with Crippen LogP contribution in [-0.4, -0.2) is 61.9 Å². The number of anilines is 2. The number of carbonyl (C=O) groups excluding carboxylic acids is 3. The molecule has 0 aliphatic carbocycles. The molecular formula is C23H22BrN3O5S. The molecule has 2 fully saturated rings. The number of benzene rings is 2. The molecule has 172 valence electrons. The van der Waals surface area contributed by atoms with E-state index in [1.165, 1.54) is 7.11 Å². The maximum atomic E-state index is 12.9. The third kappa shape index (κ3) is 5.40. The Morgan fingerprint density at radius 3 is 2.73 bits per heavy atom. The Morgan fingerprint density at radius 1 is 1.21 bits per heavy atom. The first-order valence-electron chi connectivity index (χ1n) is 10.3. The molecule has 0 unspecified atom stereocenters. The Bertz CT molecular complexity index is 1120. The van der Waals surface area contributed by atoms with E-state index in [9.17, 15) is 14.4 Å². The fourth-order valence-corrected chi connectivity index (χ4v) is 4.80. The molecule has 8 nitrogen and oxygen atoms in total. The average Bonchev–Trinajstić information content (AvgIpc) is 3.07. The number of amides is 3. The number of hydrogen-bond acceptors (Lipinski definition) is 7. The molecule has 2 aliphatic heterocycles. The van der Waals surface area contributed by atoms with Gasteiger partial charge in [0.25, 0.3) is 11.1 Å². The van der Waals surface area contributed by atoms with E-state index in [1.54, 1.807) is 24.3 Å². The number of nitrogens with one attached hydrogen (secondary N) is 1. The zero-order valence-electron chi connectivity index (χ0n) is 17.9. The third-order valence-electron chi connectivity index (χ3n) is 5.18. The van der Waals surface area contributed by atoms with Crippen LogP contribution in [0.5, 0.6) is 5.75 Å². The van der Waals surface area contributed by atoms with Gasteiger partial charge in [-0.1, -0.05) is 28.1 Å². The lowest BCUT2D eigenvalue weighted by Gasteiger charge is -2.30. The number of methoxy groups -OCH3 is 1. The predicted molar refractivity (Wildman–Crippen MR) is 131 cm³/mol. The van der Waals surface area contributed by atoms with Crippen LogP contribution in [0.4, 0.5) is 16.2 Å². The summed E-state index contributed by atoms with van der Waals surface area (Å²) in [7, 11) is 1.53. The number of nitrogens with zero attached hydrogens (tertiary/aromatic N) is 2. The van der Waals surface area contributed by atoms with Gasteiger partial charge in [-0.2, -0.15) is 0 Å². The second-order valence-corrected chi connectivity index (χ2v) is 9.23. The van der Waals surface area contributed by atoms with Gasteiger partial charge >= 0.3 is 0 Å². The third-order valence-corrected chi connectivity index (χ3v) is 6.58. The number of thioether (sulfide) groups is 1. The maximum Gasteiger partial charge on any atom is 0.294 e. The van der Waals surface area contributed by atoms with Crippen molar-refractivity contribution in [2.24, 2.45) is 0 Å².